The van der Waals surface area contributed by atoms with Crippen LogP contribution in [0.2, 0.25) is 0 Å². The van der Waals surface area contributed by atoms with E-state index in [4.69, 9.17) is 4.74 Å². The third kappa shape index (κ3) is 3.30. The van der Waals surface area contributed by atoms with Gasteiger partial charge in [-0.25, -0.2) is 4.79 Å². The van der Waals surface area contributed by atoms with Gasteiger partial charge in [0.15, 0.2) is 0 Å². The van der Waals surface area contributed by atoms with Gasteiger partial charge in [0, 0.05) is 17.6 Å². The van der Waals surface area contributed by atoms with Gasteiger partial charge in [0.2, 0.25) is 0 Å². The summed E-state index contributed by atoms with van der Waals surface area (Å²) in [6, 6.07) is 6.77. The minimum absolute atomic E-state index is 0.0900. The topological polar surface area (TPSA) is 62.7 Å². The van der Waals surface area contributed by atoms with E-state index >= 15 is 0 Å². The van der Waals surface area contributed by atoms with Crippen LogP contribution < -0.4 is 4.90 Å². The summed E-state index contributed by atoms with van der Waals surface area (Å²) < 4.78 is 5.50. The third-order valence-corrected chi connectivity index (χ3v) is 3.09. The van der Waals surface area contributed by atoms with Gasteiger partial charge in [0.1, 0.15) is 16.9 Å². The lowest BCUT2D eigenvalue weighted by Crippen LogP contribution is -2.41. The number of phenolic OH excluding ortho intramolecular Hbond substituents is 1. The molecule has 0 atom stereocenters. The van der Waals surface area contributed by atoms with E-state index in [9.17, 15) is 9.90 Å². The van der Waals surface area contributed by atoms with Gasteiger partial charge in [0.05, 0.1) is 5.69 Å². The van der Waals surface area contributed by atoms with Crippen molar-refractivity contribution in [1.82, 2.24) is 4.98 Å². The predicted molar refractivity (Wildman–Crippen MR) is 87.3 cm³/mol. The van der Waals surface area contributed by atoms with E-state index in [-0.39, 0.29) is 11.8 Å². The number of fused-ring (bicyclic) bond motifs is 1. The smallest absolute Gasteiger partial charge is 0.415 e. The van der Waals surface area contributed by atoms with Gasteiger partial charge in [0.25, 0.3) is 0 Å². The summed E-state index contributed by atoms with van der Waals surface area (Å²) in [5.74, 6) is 0.0900. The van der Waals surface area contributed by atoms with Crippen molar-refractivity contribution < 1.29 is 14.6 Å². The molecule has 0 aliphatic rings. The number of pyridine rings is 1. The standard InChI is InChI=1S/C17H22N2O3/c1-11(2)19(16(21)22-17(3,4)5)13-8-9-14(20)15-12(13)7-6-10-18-15/h6-11,20H,1-5H3. The SMILES string of the molecule is CC(C)N(C(=O)OC(C)(C)C)c1ccc(O)c2ncccc12. The largest absolute Gasteiger partial charge is 0.506 e. The molecule has 1 aromatic carbocycles. The minimum atomic E-state index is -0.574. The zero-order valence-corrected chi connectivity index (χ0v) is 13.6. The molecule has 22 heavy (non-hydrogen) atoms. The summed E-state index contributed by atoms with van der Waals surface area (Å²) in [7, 11) is 0. The highest BCUT2D eigenvalue weighted by Crippen LogP contribution is 2.33. The second kappa shape index (κ2) is 5.83. The Morgan fingerprint density at radius 2 is 1.95 bits per heavy atom. The van der Waals surface area contributed by atoms with Crippen LogP contribution in [-0.2, 0) is 4.74 Å². The molecule has 2 aromatic rings. The average Bonchev–Trinajstić information content (AvgIpc) is 2.39. The third-order valence-electron chi connectivity index (χ3n) is 3.09. The molecule has 1 heterocycles. The van der Waals surface area contributed by atoms with Crippen molar-refractivity contribution in [3.63, 3.8) is 0 Å². The fourth-order valence-electron chi connectivity index (χ4n) is 2.25. The van der Waals surface area contributed by atoms with Crippen LogP contribution in [0.4, 0.5) is 10.5 Å². The Bertz CT molecular complexity index is 690. The highest BCUT2D eigenvalue weighted by atomic mass is 16.6. The van der Waals surface area contributed by atoms with Gasteiger partial charge in [-0.3, -0.25) is 9.88 Å². The zero-order valence-electron chi connectivity index (χ0n) is 13.6. The quantitative estimate of drug-likeness (QED) is 0.907. The number of hydrogen-bond acceptors (Lipinski definition) is 4. The van der Waals surface area contributed by atoms with E-state index in [2.05, 4.69) is 4.98 Å². The summed E-state index contributed by atoms with van der Waals surface area (Å²) in [4.78, 5) is 18.3. The number of aromatic hydroxyl groups is 1. The summed E-state index contributed by atoms with van der Waals surface area (Å²) in [6.45, 7) is 9.33. The maximum absolute atomic E-state index is 12.6. The average molecular weight is 302 g/mol. The number of carbonyl (C=O) groups excluding carboxylic acids is 1. The number of anilines is 1. The molecule has 0 fully saturated rings. The van der Waals surface area contributed by atoms with Crippen LogP contribution in [0, 0.1) is 0 Å². The lowest BCUT2D eigenvalue weighted by atomic mass is 10.1. The van der Waals surface area contributed by atoms with Crippen molar-refractivity contribution in [2.45, 2.75) is 46.3 Å². The number of aromatic nitrogens is 1. The van der Waals surface area contributed by atoms with Gasteiger partial charge < -0.3 is 9.84 Å². The lowest BCUT2D eigenvalue weighted by Gasteiger charge is -2.30. The van der Waals surface area contributed by atoms with E-state index < -0.39 is 11.7 Å². The molecule has 0 aliphatic carbocycles. The molecule has 0 saturated carbocycles. The monoisotopic (exact) mass is 302 g/mol. The lowest BCUT2D eigenvalue weighted by molar-refractivity contribution is 0.0571. The number of ether oxygens (including phenoxy) is 1. The Morgan fingerprint density at radius 3 is 2.55 bits per heavy atom. The summed E-state index contributed by atoms with van der Waals surface area (Å²) in [5.41, 5.74) is 0.564. The molecule has 0 spiro atoms. The number of phenols is 1. The van der Waals surface area contributed by atoms with E-state index in [1.54, 1.807) is 29.3 Å². The van der Waals surface area contributed by atoms with E-state index in [0.717, 1.165) is 0 Å². The Kier molecular flexibility index (Phi) is 4.26. The Morgan fingerprint density at radius 1 is 1.27 bits per heavy atom. The normalized spacial score (nSPS) is 11.7. The summed E-state index contributed by atoms with van der Waals surface area (Å²) in [5, 5.41) is 10.7. The summed E-state index contributed by atoms with van der Waals surface area (Å²) in [6.07, 6.45) is 1.19. The first-order valence-electron chi connectivity index (χ1n) is 7.29. The van der Waals surface area contributed by atoms with Crippen LogP contribution in [0.15, 0.2) is 30.5 Å². The van der Waals surface area contributed by atoms with Crippen LogP contribution in [0.25, 0.3) is 10.9 Å². The van der Waals surface area contributed by atoms with Gasteiger partial charge >= 0.3 is 6.09 Å². The first-order chi connectivity index (χ1) is 10.2. The van der Waals surface area contributed by atoms with Crippen LogP contribution in [0.5, 0.6) is 5.75 Å². The molecule has 1 aromatic heterocycles. The molecule has 0 aliphatic heterocycles. The van der Waals surface area contributed by atoms with Crippen molar-refractivity contribution in [3.8, 4) is 5.75 Å². The number of nitrogens with zero attached hydrogens (tertiary/aromatic N) is 2. The van der Waals surface area contributed by atoms with Crippen molar-refractivity contribution in [2.75, 3.05) is 4.90 Å². The van der Waals surface area contributed by atoms with Crippen LogP contribution in [0.1, 0.15) is 34.6 Å². The number of rotatable bonds is 2. The molecule has 1 amide bonds. The molecule has 0 saturated heterocycles. The Labute approximate surface area is 130 Å². The van der Waals surface area contributed by atoms with Gasteiger partial charge in [-0.15, -0.1) is 0 Å². The van der Waals surface area contributed by atoms with Crippen molar-refractivity contribution >= 4 is 22.7 Å². The van der Waals surface area contributed by atoms with Crippen LogP contribution in [-0.4, -0.2) is 27.8 Å². The molecule has 0 bridgehead atoms. The highest BCUT2D eigenvalue weighted by Gasteiger charge is 2.27. The fraction of sp³-hybridized carbons (Fsp3) is 0.412. The minimum Gasteiger partial charge on any atom is -0.506 e. The second-order valence-electron chi connectivity index (χ2n) is 6.45. The van der Waals surface area contributed by atoms with Crippen molar-refractivity contribution in [2.24, 2.45) is 0 Å². The maximum Gasteiger partial charge on any atom is 0.415 e. The number of amides is 1. The molecular formula is C17H22N2O3. The number of carbonyl (C=O) groups is 1. The molecule has 0 unspecified atom stereocenters. The van der Waals surface area contributed by atoms with Crippen molar-refractivity contribution in [3.05, 3.63) is 30.5 Å². The second-order valence-corrected chi connectivity index (χ2v) is 6.45. The molecule has 2 rings (SSSR count). The Balaban J connectivity index is 2.55. The molecule has 5 heteroatoms. The van der Waals surface area contributed by atoms with Gasteiger partial charge in [-0.2, -0.15) is 0 Å². The first kappa shape index (κ1) is 16.1. The first-order valence-corrected chi connectivity index (χ1v) is 7.29. The van der Waals surface area contributed by atoms with Gasteiger partial charge in [-0.1, -0.05) is 0 Å². The molecule has 5 nitrogen and oxygen atoms in total. The van der Waals surface area contributed by atoms with Crippen molar-refractivity contribution in [1.29, 1.82) is 0 Å². The summed E-state index contributed by atoms with van der Waals surface area (Å²) >= 11 is 0. The van der Waals surface area contributed by atoms with Gasteiger partial charge in [-0.05, 0) is 58.9 Å². The fourth-order valence-corrected chi connectivity index (χ4v) is 2.25. The number of benzene rings is 1. The van der Waals surface area contributed by atoms with Crippen LogP contribution >= 0.6 is 0 Å². The highest BCUT2D eigenvalue weighted by molar-refractivity contribution is 6.02. The molecule has 0 radical (unpaired) electrons. The van der Waals surface area contributed by atoms with Crippen LogP contribution in [0.3, 0.4) is 0 Å². The van der Waals surface area contributed by atoms with E-state index in [1.165, 1.54) is 0 Å². The number of hydrogen-bond donors (Lipinski definition) is 1. The van der Waals surface area contributed by atoms with E-state index in [1.807, 2.05) is 40.7 Å². The predicted octanol–water partition coefficient (Wildman–Crippen LogP) is 4.09. The Hall–Kier alpha value is -2.30. The zero-order chi connectivity index (χ0) is 16.5. The van der Waals surface area contributed by atoms with E-state index in [0.29, 0.717) is 16.6 Å². The molecular weight excluding hydrogens is 280 g/mol. The molecule has 118 valence electrons. The molecule has 1 N–H and O–H groups in total. The maximum atomic E-state index is 12.6.